The van der Waals surface area contributed by atoms with E-state index in [2.05, 4.69) is 20.8 Å². The van der Waals surface area contributed by atoms with Gasteiger partial charge in [0.2, 0.25) is 5.01 Å². The fourth-order valence-electron chi connectivity index (χ4n) is 3.78. The van der Waals surface area contributed by atoms with Crippen molar-refractivity contribution in [3.8, 4) is 11.5 Å². The molecule has 3 amide bonds. The Bertz CT molecular complexity index is 1160. The van der Waals surface area contributed by atoms with Gasteiger partial charge in [0.15, 0.2) is 0 Å². The lowest BCUT2D eigenvalue weighted by Crippen LogP contribution is -2.41. The third kappa shape index (κ3) is 5.45. The molecule has 1 aliphatic rings. The highest BCUT2D eigenvalue weighted by Crippen LogP contribution is 2.32. The lowest BCUT2D eigenvalue weighted by atomic mass is 9.99. The van der Waals surface area contributed by atoms with Crippen molar-refractivity contribution < 1.29 is 19.1 Å². The van der Waals surface area contributed by atoms with E-state index in [-0.39, 0.29) is 17.9 Å². The van der Waals surface area contributed by atoms with Gasteiger partial charge in [-0.2, -0.15) is 0 Å². The number of anilines is 2. The molecule has 4 rings (SSSR count). The van der Waals surface area contributed by atoms with E-state index in [4.69, 9.17) is 9.47 Å². The molecule has 2 aromatic carbocycles. The maximum absolute atomic E-state index is 13.0. The van der Waals surface area contributed by atoms with E-state index in [0.717, 1.165) is 23.4 Å². The number of likely N-dealkylation sites (tertiary alicyclic amines) is 1. The lowest BCUT2D eigenvalue weighted by molar-refractivity contribution is 0.102. The number of nitrogens with one attached hydrogen (secondary N) is 2. The van der Waals surface area contributed by atoms with Gasteiger partial charge in [-0.1, -0.05) is 29.0 Å². The molecule has 178 valence electrons. The van der Waals surface area contributed by atoms with Crippen LogP contribution in [0.3, 0.4) is 0 Å². The van der Waals surface area contributed by atoms with E-state index in [0.29, 0.717) is 41.0 Å². The summed E-state index contributed by atoms with van der Waals surface area (Å²) >= 11 is 1.27. The molecule has 0 bridgehead atoms. The number of methoxy groups -OCH3 is 2. The third-order valence-corrected chi connectivity index (χ3v) is 6.73. The topological polar surface area (TPSA) is 106 Å². The van der Waals surface area contributed by atoms with Gasteiger partial charge in [-0.3, -0.25) is 4.79 Å². The van der Waals surface area contributed by atoms with Crippen LogP contribution in [0.4, 0.5) is 16.2 Å². The maximum Gasteiger partial charge on any atom is 0.321 e. The minimum Gasteiger partial charge on any atom is -0.497 e. The minimum atomic E-state index is -0.289. The van der Waals surface area contributed by atoms with E-state index >= 15 is 0 Å². The zero-order valence-electron chi connectivity index (χ0n) is 19.3. The van der Waals surface area contributed by atoms with Crippen molar-refractivity contribution in [2.45, 2.75) is 25.7 Å². The monoisotopic (exact) mass is 481 g/mol. The number of amides is 3. The van der Waals surface area contributed by atoms with Gasteiger partial charge in [-0.05, 0) is 44.0 Å². The zero-order valence-corrected chi connectivity index (χ0v) is 20.1. The Morgan fingerprint density at radius 2 is 1.85 bits per heavy atom. The second kappa shape index (κ2) is 10.5. The first-order valence-corrected chi connectivity index (χ1v) is 11.8. The number of aromatic nitrogens is 2. The first-order chi connectivity index (χ1) is 16.5. The molecule has 10 heteroatoms. The van der Waals surface area contributed by atoms with Crippen molar-refractivity contribution >= 4 is 34.6 Å². The highest BCUT2D eigenvalue weighted by atomic mass is 32.1. The van der Waals surface area contributed by atoms with Crippen LogP contribution in [0.5, 0.6) is 11.5 Å². The zero-order chi connectivity index (χ0) is 24.1. The quantitative estimate of drug-likeness (QED) is 0.536. The Labute approximate surface area is 202 Å². The number of hydrogen-bond acceptors (Lipinski definition) is 7. The van der Waals surface area contributed by atoms with Gasteiger partial charge >= 0.3 is 6.03 Å². The second-order valence-corrected chi connectivity index (χ2v) is 9.06. The second-order valence-electron chi connectivity index (χ2n) is 8.05. The lowest BCUT2D eigenvalue weighted by Gasteiger charge is -2.31. The number of hydrogen-bond donors (Lipinski definition) is 2. The van der Waals surface area contributed by atoms with Crippen molar-refractivity contribution in [1.82, 2.24) is 15.1 Å². The molecular weight excluding hydrogens is 454 g/mol. The molecule has 34 heavy (non-hydrogen) atoms. The molecule has 2 heterocycles. The number of carbonyl (C=O) groups excluding carboxylic acids is 2. The summed E-state index contributed by atoms with van der Waals surface area (Å²) in [5, 5.41) is 15.2. The van der Waals surface area contributed by atoms with Gasteiger partial charge in [0.05, 0.1) is 19.9 Å². The summed E-state index contributed by atoms with van der Waals surface area (Å²) in [5.74, 6) is 0.905. The predicted molar refractivity (Wildman–Crippen MR) is 131 cm³/mol. The van der Waals surface area contributed by atoms with Gasteiger partial charge in [0.1, 0.15) is 16.5 Å². The molecule has 1 fully saturated rings. The summed E-state index contributed by atoms with van der Waals surface area (Å²) in [6.07, 6.45) is 1.71. The van der Waals surface area contributed by atoms with Crippen molar-refractivity contribution in [3.63, 3.8) is 0 Å². The normalized spacial score (nSPS) is 15.5. The van der Waals surface area contributed by atoms with E-state index < -0.39 is 0 Å². The smallest absolute Gasteiger partial charge is 0.321 e. The average molecular weight is 482 g/mol. The van der Waals surface area contributed by atoms with Crippen LogP contribution < -0.4 is 20.1 Å². The summed E-state index contributed by atoms with van der Waals surface area (Å²) in [6, 6.07) is 12.6. The highest BCUT2D eigenvalue weighted by molar-refractivity contribution is 7.13. The summed E-state index contributed by atoms with van der Waals surface area (Å²) in [7, 11) is 3.12. The molecule has 1 atom stereocenters. The number of piperidine rings is 1. The van der Waals surface area contributed by atoms with Crippen LogP contribution in [0.25, 0.3) is 0 Å². The van der Waals surface area contributed by atoms with E-state index in [1.165, 1.54) is 11.3 Å². The number of nitrogens with zero attached hydrogens (tertiary/aromatic N) is 3. The summed E-state index contributed by atoms with van der Waals surface area (Å²) < 4.78 is 10.6. The van der Waals surface area contributed by atoms with Crippen LogP contribution in [-0.2, 0) is 0 Å². The van der Waals surface area contributed by atoms with E-state index in [1.54, 1.807) is 37.3 Å². The molecule has 0 saturated carbocycles. The number of aryl methyl sites for hydroxylation is 1. The van der Waals surface area contributed by atoms with E-state index in [1.807, 2.05) is 31.2 Å². The van der Waals surface area contributed by atoms with Gasteiger partial charge in [-0.15, -0.1) is 10.2 Å². The Hall–Kier alpha value is -3.66. The number of carbonyl (C=O) groups is 2. The Morgan fingerprint density at radius 1 is 1.06 bits per heavy atom. The van der Waals surface area contributed by atoms with Crippen molar-refractivity contribution in [3.05, 3.63) is 58.0 Å². The van der Waals surface area contributed by atoms with Crippen LogP contribution in [0.15, 0.2) is 42.5 Å². The summed E-state index contributed by atoms with van der Waals surface area (Å²) in [5.41, 5.74) is 2.37. The first-order valence-electron chi connectivity index (χ1n) is 11.0. The molecule has 0 aliphatic carbocycles. The van der Waals surface area contributed by atoms with Crippen molar-refractivity contribution in [1.29, 1.82) is 0 Å². The van der Waals surface area contributed by atoms with Crippen LogP contribution in [0.2, 0.25) is 0 Å². The Kier molecular flexibility index (Phi) is 7.27. The number of ether oxygens (including phenoxy) is 2. The molecule has 1 saturated heterocycles. The van der Waals surface area contributed by atoms with Crippen LogP contribution >= 0.6 is 11.3 Å². The van der Waals surface area contributed by atoms with Crippen LogP contribution in [0, 0.1) is 6.92 Å². The SMILES string of the molecule is COc1ccc(OC)c(NC(=O)N2CCC[C@H](c3nnc(C(=O)Nc4ccc(C)cc4)s3)C2)c1. The molecular formula is C24H27N5O4S. The van der Waals surface area contributed by atoms with Gasteiger partial charge in [0, 0.05) is 30.8 Å². The summed E-state index contributed by atoms with van der Waals surface area (Å²) in [4.78, 5) is 27.3. The van der Waals surface area contributed by atoms with Gasteiger partial charge in [0.25, 0.3) is 5.91 Å². The number of rotatable bonds is 6. The first kappa shape index (κ1) is 23.5. The molecule has 1 aliphatic heterocycles. The molecule has 0 unspecified atom stereocenters. The average Bonchev–Trinajstić information content (AvgIpc) is 3.36. The Balaban J connectivity index is 1.40. The van der Waals surface area contributed by atoms with Gasteiger partial charge in [-0.25, -0.2) is 4.79 Å². The molecule has 3 aromatic rings. The highest BCUT2D eigenvalue weighted by Gasteiger charge is 2.28. The number of urea groups is 1. The van der Waals surface area contributed by atoms with Crippen LogP contribution in [0.1, 0.15) is 39.1 Å². The standard InChI is InChI=1S/C24H27N5O4S/c1-15-6-8-17(9-7-15)25-21(30)23-28-27-22(34-23)16-5-4-12-29(14-16)24(31)26-19-13-18(32-2)10-11-20(19)33-3/h6-11,13,16H,4-5,12,14H2,1-3H3,(H,25,30)(H,26,31)/t16-/m0/s1. The molecule has 0 radical (unpaired) electrons. The predicted octanol–water partition coefficient (Wildman–Crippen LogP) is 4.53. The molecule has 2 N–H and O–H groups in total. The largest absolute Gasteiger partial charge is 0.497 e. The van der Waals surface area contributed by atoms with Crippen molar-refractivity contribution in [2.75, 3.05) is 37.9 Å². The number of benzene rings is 2. The fraction of sp³-hybridized carbons (Fsp3) is 0.333. The Morgan fingerprint density at radius 3 is 2.59 bits per heavy atom. The fourth-order valence-corrected chi connectivity index (χ4v) is 4.65. The van der Waals surface area contributed by atoms with Crippen LogP contribution in [-0.4, -0.2) is 54.3 Å². The molecule has 9 nitrogen and oxygen atoms in total. The van der Waals surface area contributed by atoms with E-state index in [9.17, 15) is 9.59 Å². The maximum atomic E-state index is 13.0. The van der Waals surface area contributed by atoms with Crippen molar-refractivity contribution in [2.24, 2.45) is 0 Å². The summed E-state index contributed by atoms with van der Waals surface area (Å²) in [6.45, 7) is 3.12. The minimum absolute atomic E-state index is 0.0186. The third-order valence-electron chi connectivity index (χ3n) is 5.65. The van der Waals surface area contributed by atoms with Gasteiger partial charge < -0.3 is 25.0 Å². The molecule has 1 aromatic heterocycles. The molecule has 0 spiro atoms.